The Hall–Kier alpha value is -3.01. The predicted octanol–water partition coefficient (Wildman–Crippen LogP) is 5.28. The molecule has 1 N–H and O–H groups in total. The molecule has 4 heteroatoms. The van der Waals surface area contributed by atoms with E-state index in [1.165, 1.54) is 16.7 Å². The molecule has 0 aliphatic heterocycles. The molecule has 0 radical (unpaired) electrons. The first-order valence-corrected chi connectivity index (χ1v) is 9.64. The Bertz CT molecular complexity index is 985. The van der Waals surface area contributed by atoms with Crippen molar-refractivity contribution in [2.24, 2.45) is 0 Å². The summed E-state index contributed by atoms with van der Waals surface area (Å²) in [6.45, 7) is 9.05. The van der Waals surface area contributed by atoms with Gasteiger partial charge in [-0.2, -0.15) is 0 Å². The lowest BCUT2D eigenvalue weighted by Gasteiger charge is -2.14. The molecule has 4 nitrogen and oxygen atoms in total. The number of carbonyl (C=O) groups excluding carboxylic acids is 1. The van der Waals surface area contributed by atoms with Gasteiger partial charge in [0.15, 0.2) is 0 Å². The van der Waals surface area contributed by atoms with Crippen LogP contribution in [0.1, 0.15) is 45.4 Å². The van der Waals surface area contributed by atoms with Crippen LogP contribution in [0.25, 0.3) is 0 Å². The number of methoxy groups -OCH3 is 1. The minimum Gasteiger partial charge on any atom is -0.497 e. The number of aromatic nitrogens is 1. The van der Waals surface area contributed by atoms with Crippen LogP contribution in [0.15, 0.2) is 48.5 Å². The first-order chi connectivity index (χ1) is 13.4. The fourth-order valence-corrected chi connectivity index (χ4v) is 3.82. The largest absolute Gasteiger partial charge is 0.497 e. The Kier molecular flexibility index (Phi) is 5.88. The van der Waals surface area contributed by atoms with Crippen molar-refractivity contribution in [1.82, 2.24) is 4.57 Å². The van der Waals surface area contributed by atoms with E-state index < -0.39 is 0 Å². The Balaban J connectivity index is 1.97. The van der Waals surface area contributed by atoms with Crippen molar-refractivity contribution in [2.75, 3.05) is 12.4 Å². The lowest BCUT2D eigenvalue weighted by molar-refractivity contribution is 0.101. The smallest absolute Gasteiger partial charge is 0.272 e. The molecule has 0 unspecified atom stereocenters. The molecule has 3 aromatic rings. The molecular weight excluding hydrogens is 348 g/mol. The van der Waals surface area contributed by atoms with Gasteiger partial charge in [0.05, 0.1) is 7.11 Å². The summed E-state index contributed by atoms with van der Waals surface area (Å²) in [5, 5.41) is 3.04. The summed E-state index contributed by atoms with van der Waals surface area (Å²) in [6.07, 6.45) is 0.904. The molecule has 0 aliphatic carbocycles. The number of aryl methyl sites for hydroxylation is 1. The Labute approximate surface area is 167 Å². The van der Waals surface area contributed by atoms with Crippen LogP contribution in [-0.2, 0) is 13.0 Å². The van der Waals surface area contributed by atoms with Crippen LogP contribution in [0.2, 0.25) is 0 Å². The number of nitrogens with one attached hydrogen (secondary N) is 1. The second-order valence-electron chi connectivity index (χ2n) is 7.15. The molecule has 28 heavy (non-hydrogen) atoms. The highest BCUT2D eigenvalue weighted by Gasteiger charge is 2.22. The van der Waals surface area contributed by atoms with E-state index in [9.17, 15) is 4.79 Å². The summed E-state index contributed by atoms with van der Waals surface area (Å²) in [5.74, 6) is 0.680. The number of ether oxygens (including phenoxy) is 1. The highest BCUT2D eigenvalue weighted by molar-refractivity contribution is 6.04. The number of hydrogen-bond donors (Lipinski definition) is 1. The first kappa shape index (κ1) is 19.7. The van der Waals surface area contributed by atoms with Crippen molar-refractivity contribution in [3.8, 4) is 5.75 Å². The molecule has 0 atom stereocenters. The van der Waals surface area contributed by atoms with Gasteiger partial charge in [0.25, 0.3) is 5.91 Å². The molecule has 0 saturated carbocycles. The first-order valence-electron chi connectivity index (χ1n) is 9.64. The highest BCUT2D eigenvalue weighted by Crippen LogP contribution is 2.25. The molecule has 0 aliphatic rings. The number of benzene rings is 2. The van der Waals surface area contributed by atoms with Gasteiger partial charge in [-0.25, -0.2) is 0 Å². The Morgan fingerprint density at radius 2 is 1.79 bits per heavy atom. The molecule has 1 heterocycles. The zero-order valence-electron chi connectivity index (χ0n) is 17.3. The Morgan fingerprint density at radius 3 is 2.39 bits per heavy atom. The van der Waals surface area contributed by atoms with Crippen molar-refractivity contribution in [3.63, 3.8) is 0 Å². The SMILES string of the molecule is CCc1c(C)c(C(=O)Nc2ccc(OC)cc2)n(Cc2cccc(C)c2)c1C. The number of amides is 1. The van der Waals surface area contributed by atoms with Gasteiger partial charge in [0, 0.05) is 17.9 Å². The minimum absolute atomic E-state index is 0.0851. The highest BCUT2D eigenvalue weighted by atomic mass is 16.5. The second kappa shape index (κ2) is 8.34. The van der Waals surface area contributed by atoms with Crippen molar-refractivity contribution >= 4 is 11.6 Å². The van der Waals surface area contributed by atoms with Crippen molar-refractivity contribution < 1.29 is 9.53 Å². The van der Waals surface area contributed by atoms with Gasteiger partial charge in [-0.1, -0.05) is 36.8 Å². The predicted molar refractivity (Wildman–Crippen MR) is 115 cm³/mol. The van der Waals surface area contributed by atoms with Crippen LogP contribution >= 0.6 is 0 Å². The quantitative estimate of drug-likeness (QED) is 0.636. The third kappa shape index (κ3) is 3.96. The minimum atomic E-state index is -0.0851. The van der Waals surface area contributed by atoms with E-state index in [1.807, 2.05) is 31.2 Å². The van der Waals surface area contributed by atoms with E-state index in [4.69, 9.17) is 4.74 Å². The van der Waals surface area contributed by atoms with Crippen LogP contribution in [0.5, 0.6) is 5.75 Å². The fourth-order valence-electron chi connectivity index (χ4n) is 3.82. The molecule has 1 amide bonds. The van der Waals surface area contributed by atoms with Crippen molar-refractivity contribution in [1.29, 1.82) is 0 Å². The maximum Gasteiger partial charge on any atom is 0.272 e. The maximum atomic E-state index is 13.2. The van der Waals surface area contributed by atoms with Gasteiger partial charge in [-0.3, -0.25) is 4.79 Å². The van der Waals surface area contributed by atoms with Gasteiger partial charge < -0.3 is 14.6 Å². The number of nitrogens with zero attached hydrogens (tertiary/aromatic N) is 1. The number of hydrogen-bond acceptors (Lipinski definition) is 2. The second-order valence-corrected chi connectivity index (χ2v) is 7.15. The molecule has 0 fully saturated rings. The summed E-state index contributed by atoms with van der Waals surface area (Å²) < 4.78 is 7.33. The molecule has 0 bridgehead atoms. The normalized spacial score (nSPS) is 10.8. The molecule has 146 valence electrons. The van der Waals surface area contributed by atoms with E-state index in [0.717, 1.165) is 34.8 Å². The average Bonchev–Trinajstić information content (AvgIpc) is 2.91. The van der Waals surface area contributed by atoms with E-state index >= 15 is 0 Å². The summed E-state index contributed by atoms with van der Waals surface area (Å²) >= 11 is 0. The third-order valence-electron chi connectivity index (χ3n) is 5.26. The number of anilines is 1. The van der Waals surface area contributed by atoms with Gasteiger partial charge in [-0.15, -0.1) is 0 Å². The molecule has 3 rings (SSSR count). The van der Waals surface area contributed by atoms with Crippen LogP contribution in [-0.4, -0.2) is 17.6 Å². The maximum absolute atomic E-state index is 13.2. The standard InChI is InChI=1S/C24H28N2O2/c1-6-22-17(3)23(24(27)25-20-10-12-21(28-5)13-11-20)26(18(22)4)15-19-9-7-8-16(2)14-19/h7-14H,6,15H2,1-5H3,(H,25,27). The fraction of sp³-hybridized carbons (Fsp3) is 0.292. The number of rotatable bonds is 6. The third-order valence-corrected chi connectivity index (χ3v) is 5.26. The van der Waals surface area contributed by atoms with Crippen molar-refractivity contribution in [3.05, 3.63) is 82.2 Å². The van der Waals surface area contributed by atoms with Gasteiger partial charge in [-0.05, 0) is 68.1 Å². The summed E-state index contributed by atoms with van der Waals surface area (Å²) in [7, 11) is 1.63. The number of carbonyl (C=O) groups is 1. The van der Waals surface area contributed by atoms with E-state index in [2.05, 4.69) is 54.9 Å². The van der Waals surface area contributed by atoms with E-state index in [1.54, 1.807) is 7.11 Å². The average molecular weight is 377 g/mol. The zero-order valence-corrected chi connectivity index (χ0v) is 17.3. The van der Waals surface area contributed by atoms with E-state index in [0.29, 0.717) is 6.54 Å². The lowest BCUT2D eigenvalue weighted by Crippen LogP contribution is -2.19. The monoisotopic (exact) mass is 376 g/mol. The molecule has 2 aromatic carbocycles. The van der Waals surface area contributed by atoms with Crippen molar-refractivity contribution in [2.45, 2.75) is 40.7 Å². The summed E-state index contributed by atoms with van der Waals surface area (Å²) in [4.78, 5) is 13.2. The van der Waals surface area contributed by atoms with E-state index in [-0.39, 0.29) is 5.91 Å². The van der Waals surface area contributed by atoms with Gasteiger partial charge >= 0.3 is 0 Å². The topological polar surface area (TPSA) is 43.3 Å². The van der Waals surface area contributed by atoms with Gasteiger partial charge in [0.2, 0.25) is 0 Å². The molecule has 1 aromatic heterocycles. The zero-order chi connectivity index (χ0) is 20.3. The molecular formula is C24H28N2O2. The van der Waals surface area contributed by atoms with Crippen LogP contribution in [0.4, 0.5) is 5.69 Å². The lowest BCUT2D eigenvalue weighted by atomic mass is 10.1. The molecule has 0 saturated heterocycles. The van der Waals surface area contributed by atoms with Crippen LogP contribution in [0, 0.1) is 20.8 Å². The summed E-state index contributed by atoms with van der Waals surface area (Å²) in [6, 6.07) is 15.8. The van der Waals surface area contributed by atoms with Crippen LogP contribution in [0.3, 0.4) is 0 Å². The van der Waals surface area contributed by atoms with Gasteiger partial charge in [0.1, 0.15) is 11.4 Å². The Morgan fingerprint density at radius 1 is 1.07 bits per heavy atom. The van der Waals surface area contributed by atoms with Crippen LogP contribution < -0.4 is 10.1 Å². The summed E-state index contributed by atoms with van der Waals surface area (Å²) in [5.41, 5.74) is 7.35. The molecule has 0 spiro atoms.